The predicted molar refractivity (Wildman–Crippen MR) is 79.2 cm³/mol. The van der Waals surface area contributed by atoms with Crippen LogP contribution in [0, 0.1) is 6.92 Å². The molecule has 1 saturated carbocycles. The Kier molecular flexibility index (Phi) is 4.65. The molecule has 2 rings (SSSR count). The molecule has 2 nitrogen and oxygen atoms in total. The van der Waals surface area contributed by atoms with Crippen LogP contribution >= 0.6 is 0 Å². The van der Waals surface area contributed by atoms with Crippen LogP contribution in [-0.4, -0.2) is 19.1 Å². The number of hydrogen-bond acceptors (Lipinski definition) is 2. The van der Waals surface area contributed by atoms with Gasteiger partial charge in [-0.05, 0) is 44.7 Å². The van der Waals surface area contributed by atoms with Crippen molar-refractivity contribution in [3.63, 3.8) is 0 Å². The Hall–Kier alpha value is -1.02. The first-order valence-electron chi connectivity index (χ1n) is 7.32. The van der Waals surface area contributed by atoms with E-state index < -0.39 is 0 Å². The molecular weight excluding hydrogens is 220 g/mol. The quantitative estimate of drug-likeness (QED) is 0.792. The zero-order valence-electron chi connectivity index (χ0n) is 12.0. The van der Waals surface area contributed by atoms with Crippen LogP contribution in [0.15, 0.2) is 18.2 Å². The molecule has 0 aromatic heterocycles. The Morgan fingerprint density at radius 3 is 2.67 bits per heavy atom. The summed E-state index contributed by atoms with van der Waals surface area (Å²) < 4.78 is 0. The Morgan fingerprint density at radius 2 is 2.06 bits per heavy atom. The lowest BCUT2D eigenvalue weighted by atomic mass is 10.1. The maximum Gasteiger partial charge on any atom is 0.0411 e. The molecule has 0 saturated heterocycles. The molecule has 0 heterocycles. The van der Waals surface area contributed by atoms with Gasteiger partial charge in [0.25, 0.3) is 0 Å². The lowest BCUT2D eigenvalue weighted by molar-refractivity contribution is 0.682. The van der Waals surface area contributed by atoms with E-state index in [4.69, 9.17) is 0 Å². The minimum Gasteiger partial charge on any atom is -0.372 e. The molecule has 18 heavy (non-hydrogen) atoms. The highest BCUT2D eigenvalue weighted by Crippen LogP contribution is 2.25. The van der Waals surface area contributed by atoms with E-state index in [-0.39, 0.29) is 0 Å². The first-order valence-corrected chi connectivity index (χ1v) is 7.32. The highest BCUT2D eigenvalue weighted by molar-refractivity contribution is 5.55. The summed E-state index contributed by atoms with van der Waals surface area (Å²) in [6.07, 6.45) is 3.92. The molecular formula is C16H26N2. The van der Waals surface area contributed by atoms with Crippen molar-refractivity contribution < 1.29 is 0 Å². The zero-order chi connectivity index (χ0) is 13.0. The van der Waals surface area contributed by atoms with Gasteiger partial charge in [-0.1, -0.05) is 24.6 Å². The van der Waals surface area contributed by atoms with Crippen molar-refractivity contribution in [2.45, 2.75) is 52.6 Å². The summed E-state index contributed by atoms with van der Waals surface area (Å²) in [4.78, 5) is 2.49. The number of anilines is 1. The average molecular weight is 246 g/mol. The van der Waals surface area contributed by atoms with Crippen LogP contribution in [0.3, 0.4) is 0 Å². The van der Waals surface area contributed by atoms with Gasteiger partial charge in [0.1, 0.15) is 0 Å². The molecule has 0 amide bonds. The second kappa shape index (κ2) is 6.24. The van der Waals surface area contributed by atoms with Crippen molar-refractivity contribution in [3.05, 3.63) is 29.3 Å². The van der Waals surface area contributed by atoms with Crippen LogP contribution in [0.4, 0.5) is 5.69 Å². The molecule has 0 bridgehead atoms. The fourth-order valence-electron chi connectivity index (χ4n) is 2.42. The number of benzene rings is 1. The highest BCUT2D eigenvalue weighted by atomic mass is 15.1. The lowest BCUT2D eigenvalue weighted by Crippen LogP contribution is -2.26. The fourth-order valence-corrected chi connectivity index (χ4v) is 2.42. The standard InChI is InChI=1S/C16H26N2/c1-4-10-18(5-2)16-9-6-13(3)11-14(16)12-17-15-7-8-15/h6,9,11,15,17H,4-5,7-8,10,12H2,1-3H3. The minimum atomic E-state index is 0.777. The van der Waals surface area contributed by atoms with E-state index >= 15 is 0 Å². The van der Waals surface area contributed by atoms with E-state index in [1.165, 1.54) is 36.1 Å². The summed E-state index contributed by atoms with van der Waals surface area (Å²) in [6, 6.07) is 7.63. The largest absolute Gasteiger partial charge is 0.372 e. The van der Waals surface area contributed by atoms with E-state index in [1.54, 1.807) is 0 Å². The first-order chi connectivity index (χ1) is 8.74. The van der Waals surface area contributed by atoms with E-state index in [2.05, 4.69) is 49.2 Å². The molecule has 0 radical (unpaired) electrons. The third-order valence-electron chi connectivity index (χ3n) is 3.61. The van der Waals surface area contributed by atoms with Crippen LogP contribution in [0.2, 0.25) is 0 Å². The molecule has 0 spiro atoms. The third kappa shape index (κ3) is 3.49. The van der Waals surface area contributed by atoms with Gasteiger partial charge < -0.3 is 10.2 Å². The molecule has 1 fully saturated rings. The summed E-state index contributed by atoms with van der Waals surface area (Å²) in [7, 11) is 0. The average Bonchev–Trinajstić information content (AvgIpc) is 3.18. The van der Waals surface area contributed by atoms with Gasteiger partial charge in [-0.15, -0.1) is 0 Å². The third-order valence-corrected chi connectivity index (χ3v) is 3.61. The normalized spacial score (nSPS) is 14.8. The summed E-state index contributed by atoms with van der Waals surface area (Å²) in [5, 5.41) is 3.63. The van der Waals surface area contributed by atoms with Gasteiger partial charge in [-0.3, -0.25) is 0 Å². The Bertz CT molecular complexity index is 383. The van der Waals surface area contributed by atoms with Crippen molar-refractivity contribution in [3.8, 4) is 0 Å². The van der Waals surface area contributed by atoms with Gasteiger partial charge in [0.2, 0.25) is 0 Å². The van der Waals surface area contributed by atoms with Crippen LogP contribution < -0.4 is 10.2 Å². The van der Waals surface area contributed by atoms with E-state index in [0.29, 0.717) is 0 Å². The molecule has 100 valence electrons. The van der Waals surface area contributed by atoms with Gasteiger partial charge in [0.05, 0.1) is 0 Å². The molecule has 2 heteroatoms. The van der Waals surface area contributed by atoms with Crippen LogP contribution in [-0.2, 0) is 6.54 Å². The maximum atomic E-state index is 3.63. The summed E-state index contributed by atoms with van der Waals surface area (Å²) in [6.45, 7) is 9.93. The number of nitrogens with one attached hydrogen (secondary N) is 1. The number of aryl methyl sites for hydroxylation is 1. The van der Waals surface area contributed by atoms with Crippen molar-refractivity contribution >= 4 is 5.69 Å². The van der Waals surface area contributed by atoms with Crippen molar-refractivity contribution in [2.24, 2.45) is 0 Å². The maximum absolute atomic E-state index is 3.63. The zero-order valence-corrected chi connectivity index (χ0v) is 12.0. The predicted octanol–water partition coefficient (Wildman–Crippen LogP) is 3.48. The van der Waals surface area contributed by atoms with Crippen molar-refractivity contribution in [1.29, 1.82) is 0 Å². The minimum absolute atomic E-state index is 0.777. The van der Waals surface area contributed by atoms with Crippen LogP contribution in [0.25, 0.3) is 0 Å². The molecule has 0 unspecified atom stereocenters. The monoisotopic (exact) mass is 246 g/mol. The first kappa shape index (κ1) is 13.4. The Balaban J connectivity index is 2.14. The lowest BCUT2D eigenvalue weighted by Gasteiger charge is -2.26. The molecule has 1 N–H and O–H groups in total. The van der Waals surface area contributed by atoms with Crippen LogP contribution in [0.1, 0.15) is 44.2 Å². The molecule has 1 aromatic carbocycles. The second-order valence-electron chi connectivity index (χ2n) is 5.37. The summed E-state index contributed by atoms with van der Waals surface area (Å²) in [5.41, 5.74) is 4.23. The van der Waals surface area contributed by atoms with Crippen molar-refractivity contribution in [2.75, 3.05) is 18.0 Å². The smallest absolute Gasteiger partial charge is 0.0411 e. The number of rotatable bonds is 7. The van der Waals surface area contributed by atoms with E-state index in [0.717, 1.165) is 25.7 Å². The number of nitrogens with zero attached hydrogens (tertiary/aromatic N) is 1. The van der Waals surface area contributed by atoms with E-state index in [9.17, 15) is 0 Å². The van der Waals surface area contributed by atoms with Gasteiger partial charge >= 0.3 is 0 Å². The van der Waals surface area contributed by atoms with Gasteiger partial charge in [0.15, 0.2) is 0 Å². The van der Waals surface area contributed by atoms with Gasteiger partial charge in [-0.2, -0.15) is 0 Å². The molecule has 0 aliphatic heterocycles. The van der Waals surface area contributed by atoms with Crippen molar-refractivity contribution in [1.82, 2.24) is 5.32 Å². The molecule has 0 atom stereocenters. The number of hydrogen-bond donors (Lipinski definition) is 1. The topological polar surface area (TPSA) is 15.3 Å². The second-order valence-corrected chi connectivity index (χ2v) is 5.37. The Labute approximate surface area is 111 Å². The highest BCUT2D eigenvalue weighted by Gasteiger charge is 2.20. The van der Waals surface area contributed by atoms with E-state index in [1.807, 2.05) is 0 Å². The van der Waals surface area contributed by atoms with Crippen LogP contribution in [0.5, 0.6) is 0 Å². The van der Waals surface area contributed by atoms with Gasteiger partial charge in [0, 0.05) is 31.4 Å². The summed E-state index contributed by atoms with van der Waals surface area (Å²) in [5.74, 6) is 0. The van der Waals surface area contributed by atoms with Gasteiger partial charge in [-0.25, -0.2) is 0 Å². The molecule has 1 aromatic rings. The Morgan fingerprint density at radius 1 is 1.28 bits per heavy atom. The molecule has 1 aliphatic rings. The summed E-state index contributed by atoms with van der Waals surface area (Å²) >= 11 is 0. The SMILES string of the molecule is CCCN(CC)c1ccc(C)cc1CNC1CC1. The molecule has 1 aliphatic carbocycles. The fraction of sp³-hybridized carbons (Fsp3) is 0.625.